The van der Waals surface area contributed by atoms with Crippen LogP contribution in [-0.2, 0) is 9.47 Å². The van der Waals surface area contributed by atoms with Crippen molar-refractivity contribution in [2.45, 2.75) is 20.8 Å². The number of aryl methyl sites for hydroxylation is 1. The predicted molar refractivity (Wildman–Crippen MR) is 69.6 cm³/mol. The van der Waals surface area contributed by atoms with Gasteiger partial charge in [-0.2, -0.15) is 5.10 Å². The summed E-state index contributed by atoms with van der Waals surface area (Å²) in [5.41, 5.74) is 1.32. The lowest BCUT2D eigenvalue weighted by atomic mass is 10.3. The maximum atomic E-state index is 11.9. The van der Waals surface area contributed by atoms with Gasteiger partial charge in [0.05, 0.1) is 19.4 Å². The second-order valence-corrected chi connectivity index (χ2v) is 4.02. The number of carbonyl (C=O) groups excluding carboxylic acids is 2. The van der Waals surface area contributed by atoms with Gasteiger partial charge in [-0.3, -0.25) is 0 Å². The van der Waals surface area contributed by atoms with Gasteiger partial charge in [0.1, 0.15) is 5.56 Å². The second kappa shape index (κ2) is 5.68. The Labute approximate surface area is 115 Å². The number of ether oxygens (including phenoxy) is 2. The quantitative estimate of drug-likeness (QED) is 0.785. The summed E-state index contributed by atoms with van der Waals surface area (Å²) in [4.78, 5) is 27.9. The first-order valence-electron chi connectivity index (χ1n) is 6.28. The van der Waals surface area contributed by atoms with Crippen molar-refractivity contribution >= 4 is 17.6 Å². The average Bonchev–Trinajstić information content (AvgIpc) is 2.81. The van der Waals surface area contributed by atoms with Crippen LogP contribution in [0.25, 0.3) is 5.65 Å². The van der Waals surface area contributed by atoms with Gasteiger partial charge in [0.2, 0.25) is 0 Å². The zero-order chi connectivity index (χ0) is 14.7. The summed E-state index contributed by atoms with van der Waals surface area (Å²) in [5, 5.41) is 4.02. The molecule has 2 rings (SSSR count). The zero-order valence-electron chi connectivity index (χ0n) is 11.5. The van der Waals surface area contributed by atoms with Crippen LogP contribution in [0.15, 0.2) is 12.3 Å². The Bertz CT molecular complexity index is 663. The number of hydrogen-bond acceptors (Lipinski definition) is 6. The van der Waals surface area contributed by atoms with Crippen LogP contribution in [0.5, 0.6) is 0 Å². The van der Waals surface area contributed by atoms with Crippen molar-refractivity contribution in [2.24, 2.45) is 0 Å². The van der Waals surface area contributed by atoms with Gasteiger partial charge < -0.3 is 9.47 Å². The maximum Gasteiger partial charge on any atom is 0.357 e. The second-order valence-electron chi connectivity index (χ2n) is 4.02. The molecule has 2 aromatic rings. The van der Waals surface area contributed by atoms with Crippen LogP contribution in [0, 0.1) is 6.92 Å². The molecule has 0 saturated carbocycles. The first-order chi connectivity index (χ1) is 9.58. The van der Waals surface area contributed by atoms with Crippen molar-refractivity contribution in [1.29, 1.82) is 0 Å². The average molecular weight is 277 g/mol. The Kier molecular flexibility index (Phi) is 3.97. The third-order valence-electron chi connectivity index (χ3n) is 2.58. The van der Waals surface area contributed by atoms with E-state index in [1.807, 2.05) is 0 Å². The number of esters is 2. The summed E-state index contributed by atoms with van der Waals surface area (Å²) < 4.78 is 11.2. The van der Waals surface area contributed by atoms with Crippen molar-refractivity contribution in [1.82, 2.24) is 14.6 Å². The first-order valence-corrected chi connectivity index (χ1v) is 6.28. The minimum Gasteiger partial charge on any atom is -0.462 e. The summed E-state index contributed by atoms with van der Waals surface area (Å²) >= 11 is 0. The molecule has 7 heteroatoms. The molecule has 0 aliphatic heterocycles. The molecule has 0 N–H and O–H groups in total. The van der Waals surface area contributed by atoms with Crippen LogP contribution in [0.4, 0.5) is 0 Å². The normalized spacial score (nSPS) is 10.6. The van der Waals surface area contributed by atoms with Crippen molar-refractivity contribution in [3.05, 3.63) is 29.2 Å². The molecular formula is C13H15N3O4. The van der Waals surface area contributed by atoms with Crippen LogP contribution in [0.3, 0.4) is 0 Å². The molecule has 0 saturated heterocycles. The third-order valence-corrected chi connectivity index (χ3v) is 2.58. The van der Waals surface area contributed by atoms with E-state index < -0.39 is 11.9 Å². The van der Waals surface area contributed by atoms with Gasteiger partial charge in [-0.05, 0) is 26.8 Å². The number of aromatic nitrogens is 3. The Morgan fingerprint density at radius 2 is 1.85 bits per heavy atom. The molecule has 7 nitrogen and oxygen atoms in total. The first kappa shape index (κ1) is 14.0. The molecule has 0 spiro atoms. The Hall–Kier alpha value is -2.44. The fourth-order valence-corrected chi connectivity index (χ4v) is 1.79. The molecule has 0 atom stereocenters. The van der Waals surface area contributed by atoms with E-state index >= 15 is 0 Å². The van der Waals surface area contributed by atoms with Gasteiger partial charge in [0.25, 0.3) is 0 Å². The Morgan fingerprint density at radius 1 is 1.20 bits per heavy atom. The van der Waals surface area contributed by atoms with Gasteiger partial charge in [-0.15, -0.1) is 0 Å². The fraction of sp³-hybridized carbons (Fsp3) is 0.385. The molecule has 0 fully saturated rings. The molecule has 0 radical (unpaired) electrons. The standard InChI is InChI=1S/C13H15N3O4/c1-4-19-12(17)9-7-14-16-10(13(18)20-5-2)6-8(3)15-11(9)16/h6-7H,4-5H2,1-3H3. The summed E-state index contributed by atoms with van der Waals surface area (Å²) in [7, 11) is 0. The highest BCUT2D eigenvalue weighted by Gasteiger charge is 2.20. The highest BCUT2D eigenvalue weighted by atomic mass is 16.5. The molecule has 2 aromatic heterocycles. The fourth-order valence-electron chi connectivity index (χ4n) is 1.79. The molecule has 106 valence electrons. The van der Waals surface area contributed by atoms with E-state index in [4.69, 9.17) is 9.47 Å². The molecule has 0 aromatic carbocycles. The van der Waals surface area contributed by atoms with Crippen molar-refractivity contribution < 1.29 is 19.1 Å². The number of fused-ring (bicyclic) bond motifs is 1. The molecule has 0 aliphatic rings. The lowest BCUT2D eigenvalue weighted by Crippen LogP contribution is -2.13. The van der Waals surface area contributed by atoms with Gasteiger partial charge in [0, 0.05) is 5.69 Å². The van der Waals surface area contributed by atoms with Crippen LogP contribution >= 0.6 is 0 Å². The molecule has 0 amide bonds. The largest absolute Gasteiger partial charge is 0.462 e. The molecule has 0 aliphatic carbocycles. The SMILES string of the molecule is CCOC(=O)c1cnn2c(C(=O)OCC)cc(C)nc12. The molecule has 0 bridgehead atoms. The Balaban J connectivity index is 2.57. The van der Waals surface area contributed by atoms with Gasteiger partial charge >= 0.3 is 11.9 Å². The number of nitrogens with zero attached hydrogens (tertiary/aromatic N) is 3. The number of rotatable bonds is 4. The van der Waals surface area contributed by atoms with E-state index in [0.29, 0.717) is 5.69 Å². The van der Waals surface area contributed by atoms with E-state index in [0.717, 1.165) is 0 Å². The van der Waals surface area contributed by atoms with Gasteiger partial charge in [-0.25, -0.2) is 19.1 Å². The van der Waals surface area contributed by atoms with Gasteiger partial charge in [-0.1, -0.05) is 0 Å². The monoisotopic (exact) mass is 277 g/mol. The topological polar surface area (TPSA) is 82.8 Å². The van der Waals surface area contributed by atoms with Crippen LogP contribution in [-0.4, -0.2) is 39.8 Å². The molecular weight excluding hydrogens is 262 g/mol. The van der Waals surface area contributed by atoms with E-state index in [1.54, 1.807) is 26.8 Å². The number of hydrogen-bond donors (Lipinski definition) is 0. The van der Waals surface area contributed by atoms with E-state index in [2.05, 4.69) is 10.1 Å². The summed E-state index contributed by atoms with van der Waals surface area (Å²) in [6, 6.07) is 1.56. The van der Waals surface area contributed by atoms with Gasteiger partial charge in [0.15, 0.2) is 11.3 Å². The van der Waals surface area contributed by atoms with E-state index in [9.17, 15) is 9.59 Å². The number of carbonyl (C=O) groups is 2. The minimum absolute atomic E-state index is 0.223. The maximum absolute atomic E-state index is 11.9. The molecule has 0 unspecified atom stereocenters. The lowest BCUT2D eigenvalue weighted by Gasteiger charge is -2.06. The predicted octanol–water partition coefficient (Wildman–Crippen LogP) is 1.39. The van der Waals surface area contributed by atoms with Crippen LogP contribution in [0.2, 0.25) is 0 Å². The molecule has 20 heavy (non-hydrogen) atoms. The highest BCUT2D eigenvalue weighted by Crippen LogP contribution is 2.14. The smallest absolute Gasteiger partial charge is 0.357 e. The van der Waals surface area contributed by atoms with Crippen molar-refractivity contribution in [3.8, 4) is 0 Å². The van der Waals surface area contributed by atoms with E-state index in [1.165, 1.54) is 10.7 Å². The summed E-state index contributed by atoms with van der Waals surface area (Å²) in [6.07, 6.45) is 1.34. The summed E-state index contributed by atoms with van der Waals surface area (Å²) in [5.74, 6) is -1.03. The van der Waals surface area contributed by atoms with Crippen LogP contribution < -0.4 is 0 Å². The summed E-state index contributed by atoms with van der Waals surface area (Å²) in [6.45, 7) is 5.67. The zero-order valence-corrected chi connectivity index (χ0v) is 11.5. The van der Waals surface area contributed by atoms with Crippen LogP contribution in [0.1, 0.15) is 40.4 Å². The van der Waals surface area contributed by atoms with Crippen molar-refractivity contribution in [3.63, 3.8) is 0 Å². The van der Waals surface area contributed by atoms with E-state index in [-0.39, 0.29) is 30.1 Å². The lowest BCUT2D eigenvalue weighted by molar-refractivity contribution is 0.0508. The Morgan fingerprint density at radius 3 is 2.50 bits per heavy atom. The minimum atomic E-state index is -0.518. The third kappa shape index (κ3) is 2.47. The molecule has 2 heterocycles. The highest BCUT2D eigenvalue weighted by molar-refractivity contribution is 5.97. The van der Waals surface area contributed by atoms with Crippen molar-refractivity contribution in [2.75, 3.05) is 13.2 Å².